The summed E-state index contributed by atoms with van der Waals surface area (Å²) in [7, 11) is 0. The molecule has 4 amide bonds. The maximum absolute atomic E-state index is 12.9. The van der Waals surface area contributed by atoms with Crippen LogP contribution in [-0.4, -0.2) is 45.9 Å². The molecule has 0 radical (unpaired) electrons. The standard InChI is InChI=1S/C22H24N4O4/c23-19(27)17-7-4-12-24-20(17)30-16-10-8-15(9-11-16)26-21(28)18(25-22(26)29)13-14-5-2-1-3-6-14/h1-7,12,15-16,18H,8-11,13H2,(H2,23,27)(H,25,29)/t15?,16?,18-/m0/s1. The molecule has 1 saturated carbocycles. The van der Waals surface area contributed by atoms with E-state index in [2.05, 4.69) is 10.3 Å². The van der Waals surface area contributed by atoms with Gasteiger partial charge < -0.3 is 15.8 Å². The maximum Gasteiger partial charge on any atom is 0.325 e. The Morgan fingerprint density at radius 2 is 1.83 bits per heavy atom. The molecule has 0 bridgehead atoms. The van der Waals surface area contributed by atoms with Crippen molar-refractivity contribution in [2.75, 3.05) is 0 Å². The number of pyridine rings is 1. The SMILES string of the molecule is NC(=O)c1cccnc1OC1CCC(N2C(=O)N[C@@H](Cc3ccccc3)C2=O)CC1. The van der Waals surface area contributed by atoms with Crippen LogP contribution in [0.2, 0.25) is 0 Å². The van der Waals surface area contributed by atoms with Gasteiger partial charge in [-0.3, -0.25) is 14.5 Å². The number of aromatic nitrogens is 1. The molecule has 0 spiro atoms. The average molecular weight is 408 g/mol. The molecule has 156 valence electrons. The molecule has 4 rings (SSSR count). The largest absolute Gasteiger partial charge is 0.474 e. The molecular weight excluding hydrogens is 384 g/mol. The summed E-state index contributed by atoms with van der Waals surface area (Å²) < 4.78 is 5.90. The van der Waals surface area contributed by atoms with E-state index in [0.717, 1.165) is 5.56 Å². The average Bonchev–Trinajstić information content (AvgIpc) is 3.02. The number of amides is 4. The summed E-state index contributed by atoms with van der Waals surface area (Å²) in [6, 6.07) is 11.9. The Kier molecular flexibility index (Phi) is 5.65. The van der Waals surface area contributed by atoms with Crippen molar-refractivity contribution in [2.45, 2.75) is 50.3 Å². The van der Waals surface area contributed by atoms with Crippen molar-refractivity contribution in [3.8, 4) is 5.88 Å². The number of imide groups is 1. The predicted octanol–water partition coefficient (Wildman–Crippen LogP) is 2.03. The van der Waals surface area contributed by atoms with Gasteiger partial charge in [0.15, 0.2) is 0 Å². The van der Waals surface area contributed by atoms with Crippen LogP contribution in [0.5, 0.6) is 5.88 Å². The zero-order valence-electron chi connectivity index (χ0n) is 16.5. The molecule has 0 unspecified atom stereocenters. The van der Waals surface area contributed by atoms with Crippen molar-refractivity contribution in [3.63, 3.8) is 0 Å². The molecule has 8 heteroatoms. The van der Waals surface area contributed by atoms with Gasteiger partial charge in [-0.15, -0.1) is 0 Å². The first kappa shape index (κ1) is 19.9. The molecule has 3 N–H and O–H groups in total. The molecule has 2 aliphatic rings. The first-order chi connectivity index (χ1) is 14.5. The molecule has 2 heterocycles. The van der Waals surface area contributed by atoms with E-state index in [0.29, 0.717) is 32.1 Å². The number of carbonyl (C=O) groups excluding carboxylic acids is 3. The zero-order chi connectivity index (χ0) is 21.1. The smallest absolute Gasteiger partial charge is 0.325 e. The van der Waals surface area contributed by atoms with Crippen LogP contribution in [-0.2, 0) is 11.2 Å². The molecule has 1 aliphatic heterocycles. The van der Waals surface area contributed by atoms with Gasteiger partial charge in [-0.2, -0.15) is 0 Å². The Bertz CT molecular complexity index is 941. The van der Waals surface area contributed by atoms with Crippen molar-refractivity contribution in [2.24, 2.45) is 5.73 Å². The van der Waals surface area contributed by atoms with Gasteiger partial charge in [0.2, 0.25) is 5.88 Å². The van der Waals surface area contributed by atoms with Gasteiger partial charge in [-0.1, -0.05) is 30.3 Å². The molecule has 1 aliphatic carbocycles. The van der Waals surface area contributed by atoms with E-state index in [1.54, 1.807) is 18.3 Å². The number of benzene rings is 1. The van der Waals surface area contributed by atoms with Crippen molar-refractivity contribution in [1.29, 1.82) is 0 Å². The number of rotatable bonds is 6. The van der Waals surface area contributed by atoms with Gasteiger partial charge >= 0.3 is 6.03 Å². The highest BCUT2D eigenvalue weighted by Crippen LogP contribution is 2.29. The van der Waals surface area contributed by atoms with Crippen LogP contribution in [0.4, 0.5) is 4.79 Å². The minimum Gasteiger partial charge on any atom is -0.474 e. The van der Waals surface area contributed by atoms with E-state index < -0.39 is 11.9 Å². The summed E-state index contributed by atoms with van der Waals surface area (Å²) in [6.45, 7) is 0. The minimum atomic E-state index is -0.587. The van der Waals surface area contributed by atoms with Gasteiger partial charge in [0, 0.05) is 18.7 Å². The van der Waals surface area contributed by atoms with Crippen molar-refractivity contribution in [3.05, 3.63) is 59.8 Å². The number of hydrogen-bond acceptors (Lipinski definition) is 5. The molecule has 2 fully saturated rings. The van der Waals surface area contributed by atoms with Gasteiger partial charge in [-0.25, -0.2) is 9.78 Å². The lowest BCUT2D eigenvalue weighted by molar-refractivity contribution is -0.129. The highest BCUT2D eigenvalue weighted by Gasteiger charge is 2.43. The number of nitrogens with zero attached hydrogens (tertiary/aromatic N) is 2. The fourth-order valence-corrected chi connectivity index (χ4v) is 4.13. The Balaban J connectivity index is 1.35. The van der Waals surface area contributed by atoms with Gasteiger partial charge in [0.1, 0.15) is 17.7 Å². The highest BCUT2D eigenvalue weighted by atomic mass is 16.5. The zero-order valence-corrected chi connectivity index (χ0v) is 16.5. The molecule has 2 aromatic rings. The Morgan fingerprint density at radius 3 is 2.53 bits per heavy atom. The predicted molar refractivity (Wildman–Crippen MR) is 109 cm³/mol. The second-order valence-electron chi connectivity index (χ2n) is 7.67. The van der Waals surface area contributed by atoms with Crippen LogP contribution in [0.25, 0.3) is 0 Å². The molecule has 1 aromatic heterocycles. The van der Waals surface area contributed by atoms with E-state index in [-0.39, 0.29) is 35.5 Å². The van der Waals surface area contributed by atoms with E-state index in [1.165, 1.54) is 4.90 Å². The van der Waals surface area contributed by atoms with E-state index in [9.17, 15) is 14.4 Å². The van der Waals surface area contributed by atoms with Gasteiger partial charge in [0.05, 0.1) is 0 Å². The quantitative estimate of drug-likeness (QED) is 0.710. The van der Waals surface area contributed by atoms with Crippen LogP contribution >= 0.6 is 0 Å². The van der Waals surface area contributed by atoms with Crippen LogP contribution in [0.1, 0.15) is 41.6 Å². The van der Waals surface area contributed by atoms with Crippen LogP contribution in [0.3, 0.4) is 0 Å². The summed E-state index contributed by atoms with van der Waals surface area (Å²) in [6.07, 6.45) is 4.47. The van der Waals surface area contributed by atoms with Crippen LogP contribution in [0, 0.1) is 0 Å². The summed E-state index contributed by atoms with van der Waals surface area (Å²) in [5, 5.41) is 2.82. The third kappa shape index (κ3) is 4.12. The van der Waals surface area contributed by atoms with Gasteiger partial charge in [0.25, 0.3) is 11.8 Å². The molecule has 30 heavy (non-hydrogen) atoms. The minimum absolute atomic E-state index is 0.143. The van der Waals surface area contributed by atoms with Crippen molar-refractivity contribution < 1.29 is 19.1 Å². The monoisotopic (exact) mass is 408 g/mol. The van der Waals surface area contributed by atoms with Crippen LogP contribution < -0.4 is 15.8 Å². The lowest BCUT2D eigenvalue weighted by Crippen LogP contribution is -2.44. The number of carbonyl (C=O) groups is 3. The normalized spacial score (nSPS) is 23.9. The third-order valence-electron chi connectivity index (χ3n) is 5.66. The third-order valence-corrected chi connectivity index (χ3v) is 5.66. The molecule has 8 nitrogen and oxygen atoms in total. The van der Waals surface area contributed by atoms with E-state index in [4.69, 9.17) is 10.5 Å². The number of ether oxygens (including phenoxy) is 1. The lowest BCUT2D eigenvalue weighted by atomic mass is 9.91. The summed E-state index contributed by atoms with van der Waals surface area (Å²) in [4.78, 5) is 42.4. The van der Waals surface area contributed by atoms with E-state index >= 15 is 0 Å². The summed E-state index contributed by atoms with van der Waals surface area (Å²) in [5.74, 6) is -0.532. The second kappa shape index (κ2) is 8.52. The molecular formula is C22H24N4O4. The topological polar surface area (TPSA) is 115 Å². The van der Waals surface area contributed by atoms with Gasteiger partial charge in [-0.05, 0) is 43.4 Å². The lowest BCUT2D eigenvalue weighted by Gasteiger charge is -2.33. The Labute approximate surface area is 174 Å². The first-order valence-electron chi connectivity index (χ1n) is 10.1. The number of nitrogens with two attached hydrogens (primary N) is 1. The molecule has 1 atom stereocenters. The van der Waals surface area contributed by atoms with Crippen molar-refractivity contribution in [1.82, 2.24) is 15.2 Å². The van der Waals surface area contributed by atoms with E-state index in [1.807, 2.05) is 30.3 Å². The number of urea groups is 1. The number of primary amides is 1. The van der Waals surface area contributed by atoms with Crippen LogP contribution in [0.15, 0.2) is 48.7 Å². The fourth-order valence-electron chi connectivity index (χ4n) is 4.13. The Morgan fingerprint density at radius 1 is 1.10 bits per heavy atom. The highest BCUT2D eigenvalue weighted by molar-refractivity contribution is 6.04. The first-order valence-corrected chi connectivity index (χ1v) is 10.1. The number of hydrogen-bond donors (Lipinski definition) is 2. The summed E-state index contributed by atoms with van der Waals surface area (Å²) >= 11 is 0. The summed E-state index contributed by atoms with van der Waals surface area (Å²) in [5.41, 5.74) is 6.63. The second-order valence-corrected chi connectivity index (χ2v) is 7.67. The fraction of sp³-hybridized carbons (Fsp3) is 0.364. The Hall–Kier alpha value is -3.42. The molecule has 1 aromatic carbocycles. The van der Waals surface area contributed by atoms with Crippen molar-refractivity contribution >= 4 is 17.8 Å². The maximum atomic E-state index is 12.9. The molecule has 1 saturated heterocycles. The number of nitrogens with one attached hydrogen (secondary N) is 1.